The summed E-state index contributed by atoms with van der Waals surface area (Å²) in [6.07, 6.45) is -4.07. The van der Waals surface area contributed by atoms with E-state index in [0.29, 0.717) is 44.8 Å². The fourth-order valence-corrected chi connectivity index (χ4v) is 12.5. The molecule has 88 heavy (non-hydrogen) atoms. The summed E-state index contributed by atoms with van der Waals surface area (Å²) < 4.78 is 276. The van der Waals surface area contributed by atoms with Gasteiger partial charge in [-0.2, -0.15) is 0 Å². The average Bonchev–Trinajstić information content (AvgIpc) is 0.713. The number of pyridine rings is 1. The Morgan fingerprint density at radius 3 is 1.97 bits per heavy atom. The third-order valence-electron chi connectivity index (χ3n) is 16.9. The van der Waals surface area contributed by atoms with Gasteiger partial charge in [-0.05, 0) is 185 Å². The Morgan fingerprint density at radius 1 is 0.534 bits per heavy atom. The van der Waals surface area contributed by atoms with Crippen LogP contribution >= 0.6 is 0 Å². The van der Waals surface area contributed by atoms with Crippen LogP contribution in [0.25, 0.3) is 128 Å². The summed E-state index contributed by atoms with van der Waals surface area (Å²) >= 11 is 0. The summed E-state index contributed by atoms with van der Waals surface area (Å²) in [6, 6.07) is 31.6. The Bertz CT molecular complexity index is 6550. The van der Waals surface area contributed by atoms with Gasteiger partial charge in [0, 0.05) is 55.7 Å². The van der Waals surface area contributed by atoms with Gasteiger partial charge in [0.15, 0.2) is 0 Å². The molecule has 5 heterocycles. The number of para-hydroxylation sites is 2. The van der Waals surface area contributed by atoms with E-state index in [1.165, 1.54) is 15.2 Å². The van der Waals surface area contributed by atoms with Crippen molar-refractivity contribution in [3.63, 3.8) is 0 Å². The average molecular weight is 1170 g/mol. The number of fused-ring (bicyclic) bond motifs is 14. The molecule has 0 saturated carbocycles. The Kier molecular flexibility index (Phi) is 7.10. The van der Waals surface area contributed by atoms with Crippen molar-refractivity contribution in [1.82, 2.24) is 14.1 Å². The second kappa shape index (κ2) is 19.4. The zero-order valence-corrected chi connectivity index (χ0v) is 48.5. The van der Waals surface area contributed by atoms with Crippen LogP contribution in [0.1, 0.15) is 141 Å². The van der Waals surface area contributed by atoms with E-state index in [9.17, 15) is 28.8 Å². The molecule has 6 nitrogen and oxygen atoms in total. The van der Waals surface area contributed by atoms with Crippen LogP contribution in [0.3, 0.4) is 0 Å². The molecule has 16 rings (SSSR count). The second-order valence-electron chi connectivity index (χ2n) is 24.7. The molecule has 2 aliphatic rings. The monoisotopic (exact) mass is 1170 g/mol. The number of furan rings is 1. The molecule has 6 heteroatoms. The minimum atomic E-state index is -4.70. The van der Waals surface area contributed by atoms with Crippen molar-refractivity contribution in [3.05, 3.63) is 247 Å². The first-order valence-electron chi connectivity index (χ1n) is 42.3. The third kappa shape index (κ3) is 8.58. The Morgan fingerprint density at radius 2 is 1.20 bits per heavy atom. The lowest BCUT2D eigenvalue weighted by atomic mass is 9.63. The van der Waals surface area contributed by atoms with Crippen molar-refractivity contribution in [2.75, 3.05) is 0 Å². The van der Waals surface area contributed by atoms with Crippen molar-refractivity contribution in [3.8, 4) is 84.3 Å². The molecule has 0 atom stereocenters. The number of hydrogen-bond donors (Lipinski definition) is 0. The maximum Gasteiger partial charge on any atom is 0.269 e. The molecule has 0 unspecified atom stereocenters. The molecular formula is C82H70N4O2. The van der Waals surface area contributed by atoms with Gasteiger partial charge in [-0.1, -0.05) is 202 Å². The first-order valence-corrected chi connectivity index (χ1v) is 28.8. The van der Waals surface area contributed by atoms with Crippen LogP contribution in [-0.4, -0.2) is 14.1 Å². The zero-order chi connectivity index (χ0) is 83.3. The van der Waals surface area contributed by atoms with Crippen LogP contribution < -0.4 is 9.30 Å². The maximum atomic E-state index is 10.6. The van der Waals surface area contributed by atoms with Crippen LogP contribution in [0.2, 0.25) is 0 Å². The van der Waals surface area contributed by atoms with E-state index in [0.717, 1.165) is 38.8 Å². The van der Waals surface area contributed by atoms with Gasteiger partial charge < -0.3 is 9.15 Å². The van der Waals surface area contributed by atoms with E-state index < -0.39 is 162 Å². The van der Waals surface area contributed by atoms with Crippen LogP contribution in [0.5, 0.6) is 11.5 Å². The Hall–Kier alpha value is -9.78. The molecule has 430 valence electrons. The predicted molar refractivity (Wildman–Crippen MR) is 363 cm³/mol. The summed E-state index contributed by atoms with van der Waals surface area (Å²) in [5.41, 5.74) is -12.2. The lowest BCUT2D eigenvalue weighted by Crippen LogP contribution is -2.33. The summed E-state index contributed by atoms with van der Waals surface area (Å²) in [4.78, 5) is 4.86. The third-order valence-corrected chi connectivity index (χ3v) is 16.9. The highest BCUT2D eigenvalue weighted by atomic mass is 16.5. The molecule has 0 saturated heterocycles. The lowest BCUT2D eigenvalue weighted by molar-refractivity contribution is -0.570. The molecule has 4 aromatic heterocycles. The molecule has 1 aliphatic heterocycles. The van der Waals surface area contributed by atoms with E-state index in [1.54, 1.807) is 60.8 Å². The highest BCUT2D eigenvalue weighted by Gasteiger charge is 2.38. The number of imidazole rings is 1. The molecule has 0 spiro atoms. The summed E-state index contributed by atoms with van der Waals surface area (Å²) in [7, 11) is 0. The van der Waals surface area contributed by atoms with Gasteiger partial charge in [-0.15, -0.1) is 0 Å². The number of hydrogen-bond acceptors (Lipinski definition) is 3. The highest BCUT2D eigenvalue weighted by molar-refractivity contribution is 6.10. The minimum Gasteiger partial charge on any atom is -0.458 e. The fraction of sp³-hybridized carbons (Fsp3) is 0.195. The largest absolute Gasteiger partial charge is 0.458 e. The number of ether oxygens (including phenoxy) is 1. The topological polar surface area (TPSA) is 49.0 Å². The number of benzene rings is 10. The smallest absolute Gasteiger partial charge is 0.269 e. The Balaban J connectivity index is 1.10. The molecule has 14 aromatic rings. The molecule has 0 N–H and O–H groups in total. The first-order chi connectivity index (χ1) is 53.5. The molecule has 0 radical (unpaired) electrons. The van der Waals surface area contributed by atoms with Gasteiger partial charge in [-0.25, -0.2) is 4.98 Å². The van der Waals surface area contributed by atoms with E-state index in [4.69, 9.17) is 22.4 Å². The van der Waals surface area contributed by atoms with Gasteiger partial charge in [0.05, 0.1) is 48.5 Å². The van der Waals surface area contributed by atoms with Crippen molar-refractivity contribution >= 4 is 54.8 Å². The van der Waals surface area contributed by atoms with Gasteiger partial charge in [0.25, 0.3) is 6.33 Å². The highest BCUT2D eigenvalue weighted by Crippen LogP contribution is 2.51. The molecule has 10 aromatic carbocycles. The first kappa shape index (κ1) is 32.3. The summed E-state index contributed by atoms with van der Waals surface area (Å²) in [5.74, 6) is 1.15. The van der Waals surface area contributed by atoms with E-state index in [-0.39, 0.29) is 50.3 Å². The minimum absolute atomic E-state index is 0.0598. The van der Waals surface area contributed by atoms with E-state index in [1.807, 2.05) is 104 Å². The standard InChI is InChI=1S/C82H70N4O2/c1-79(2,3)53-36-39-83-76(46-53)86-71-28-17-15-26-62(71)63-33-32-57(48-72(63)86)87-56-21-19-20-55(47-56)84-49-85-77-65(51-31-35-75-66(40-51)64-27-16-18-29-74(64)88-75)44-54(80(4,5)6)45-68(77)61-25-14-12-23-59(61)58-22-11-13-24-60(58)67-41-52(43-73(84)78(67)85)50-30-34-69-70(42-50)82(9,10)38-37-81(69,7)8/h11-36,39-48H,37-38H2,1-10H3/i7D3,8D3,9D3,10D3,11D,12D,13D,14D,22D,23D,24D,25D,30D,34D,37D2,38D2,42D. The molecule has 1 aliphatic carbocycles. The molecular weight excluding hydrogens is 1070 g/mol. The van der Waals surface area contributed by atoms with Gasteiger partial charge in [-0.3, -0.25) is 13.7 Å². The van der Waals surface area contributed by atoms with Crippen LogP contribution in [0.4, 0.5) is 0 Å². The quantitative estimate of drug-likeness (QED) is 0.123. The van der Waals surface area contributed by atoms with E-state index in [2.05, 4.69) is 27.1 Å². The number of rotatable bonds is 6. The maximum absolute atomic E-state index is 10.6. The zero-order valence-electron chi connectivity index (χ0n) is 75.5. The van der Waals surface area contributed by atoms with Gasteiger partial charge in [0.2, 0.25) is 0 Å². The van der Waals surface area contributed by atoms with Crippen molar-refractivity contribution in [1.29, 1.82) is 0 Å². The van der Waals surface area contributed by atoms with Crippen molar-refractivity contribution < 1.29 is 50.7 Å². The SMILES string of the molecule is [2H]c1c([2H])c([2H])c2c(c1[2H])-c1cc(C(C)(C)C)cc(-c3ccc4oc5ccccc5c4c3)c1-[n+]1[c-]n(-c3cccc(Oc4ccc5c6ccccc6n(-c6cc(C(C)(C)C)ccn6)c5c4)c3)c3cc(-c4c([2H])c([2H])c5c(c4[2H])C(C([2H])([2H])[2H])(C([2H])([2H])[2H])C([2H])([2H])C([2H])([2H])C5(C([2H])([2H])[2H])C([2H])([2H])[2H])cc(c31)-c1c([2H])c([2H])c([2H])c([2H])c1-2. The van der Waals surface area contributed by atoms with Crippen LogP contribution in [0.15, 0.2) is 223 Å². The summed E-state index contributed by atoms with van der Waals surface area (Å²) in [5, 5.41) is 3.16. The number of aromatic nitrogens is 4. The molecule has 0 bridgehead atoms. The predicted octanol–water partition coefficient (Wildman–Crippen LogP) is 21.5. The number of nitrogens with zero attached hydrogens (tertiary/aromatic N) is 4. The van der Waals surface area contributed by atoms with Gasteiger partial charge >= 0.3 is 0 Å². The fourth-order valence-electron chi connectivity index (χ4n) is 12.5. The van der Waals surface area contributed by atoms with Gasteiger partial charge in [0.1, 0.15) is 28.5 Å². The Labute approximate surface area is 552 Å². The van der Waals surface area contributed by atoms with Crippen molar-refractivity contribution in [2.45, 2.75) is 103 Å². The summed E-state index contributed by atoms with van der Waals surface area (Å²) in [6.45, 7) is -5.56. The second-order valence-corrected chi connectivity index (χ2v) is 24.7. The normalized spacial score (nSPS) is 20.5. The lowest BCUT2D eigenvalue weighted by Gasteiger charge is -2.42. The van der Waals surface area contributed by atoms with Crippen molar-refractivity contribution in [2.24, 2.45) is 0 Å². The molecule has 0 amide bonds. The molecule has 0 fully saturated rings. The van der Waals surface area contributed by atoms with Crippen LogP contribution in [-0.2, 0) is 21.7 Å². The van der Waals surface area contributed by atoms with E-state index >= 15 is 0 Å². The van der Waals surface area contributed by atoms with Crippen LogP contribution in [0, 0.1) is 6.33 Å².